The van der Waals surface area contributed by atoms with Gasteiger partial charge in [-0.3, -0.25) is 9.59 Å². The number of rotatable bonds is 4. The van der Waals surface area contributed by atoms with Crippen LogP contribution in [0.1, 0.15) is 43.0 Å². The molecule has 0 radical (unpaired) electrons. The highest BCUT2D eigenvalue weighted by Crippen LogP contribution is 2.19. The molecule has 138 valence electrons. The molecular formula is C19H28ClN3O2. The third-order valence-corrected chi connectivity index (χ3v) is 5.23. The van der Waals surface area contributed by atoms with Crippen molar-refractivity contribution in [1.82, 2.24) is 10.2 Å². The largest absolute Gasteiger partial charge is 0.339 e. The fraction of sp³-hybridized carbons (Fsp3) is 0.579. The molecule has 1 atom stereocenters. The number of nitrogens with one attached hydrogen (secondary N) is 2. The maximum atomic E-state index is 12.6. The van der Waals surface area contributed by atoms with Gasteiger partial charge in [0, 0.05) is 30.3 Å². The van der Waals surface area contributed by atoms with Crippen molar-refractivity contribution in [2.45, 2.75) is 32.6 Å². The number of hydrogen-bond acceptors (Lipinski definition) is 3. The molecule has 2 fully saturated rings. The fourth-order valence-corrected chi connectivity index (χ4v) is 3.29. The average Bonchev–Trinajstić information content (AvgIpc) is 2.82. The quantitative estimate of drug-likeness (QED) is 0.862. The number of anilines is 1. The lowest BCUT2D eigenvalue weighted by molar-refractivity contribution is -0.121. The summed E-state index contributed by atoms with van der Waals surface area (Å²) < 4.78 is 0. The number of hydrogen-bond donors (Lipinski definition) is 2. The van der Waals surface area contributed by atoms with Gasteiger partial charge in [-0.25, -0.2) is 0 Å². The number of amides is 2. The summed E-state index contributed by atoms with van der Waals surface area (Å²) >= 11 is 0. The van der Waals surface area contributed by atoms with Crippen LogP contribution in [0.25, 0.3) is 0 Å². The van der Waals surface area contributed by atoms with Gasteiger partial charge >= 0.3 is 0 Å². The Morgan fingerprint density at radius 3 is 2.20 bits per heavy atom. The predicted molar refractivity (Wildman–Crippen MR) is 102 cm³/mol. The molecule has 1 unspecified atom stereocenters. The molecule has 5 nitrogen and oxygen atoms in total. The Bertz CT molecular complexity index is 579. The summed E-state index contributed by atoms with van der Waals surface area (Å²) in [4.78, 5) is 26.7. The summed E-state index contributed by atoms with van der Waals surface area (Å²) in [7, 11) is 0. The topological polar surface area (TPSA) is 61.4 Å². The highest BCUT2D eigenvalue weighted by atomic mass is 35.5. The lowest BCUT2D eigenvalue weighted by Gasteiger charge is -2.31. The number of carbonyl (C=O) groups excluding carboxylic acids is 2. The normalized spacial score (nSPS) is 19.2. The van der Waals surface area contributed by atoms with Crippen molar-refractivity contribution in [3.63, 3.8) is 0 Å². The van der Waals surface area contributed by atoms with Crippen LogP contribution in [-0.2, 0) is 4.79 Å². The van der Waals surface area contributed by atoms with Crippen LogP contribution in [0, 0.1) is 11.8 Å². The van der Waals surface area contributed by atoms with E-state index in [2.05, 4.69) is 10.6 Å². The molecule has 2 aliphatic heterocycles. The molecule has 0 aliphatic carbocycles. The van der Waals surface area contributed by atoms with Crippen molar-refractivity contribution >= 4 is 29.9 Å². The van der Waals surface area contributed by atoms with Gasteiger partial charge in [0.1, 0.15) is 0 Å². The molecule has 2 N–H and O–H groups in total. The van der Waals surface area contributed by atoms with Crippen LogP contribution in [0.4, 0.5) is 5.69 Å². The molecule has 0 spiro atoms. The smallest absolute Gasteiger partial charge is 0.253 e. The van der Waals surface area contributed by atoms with E-state index in [1.54, 1.807) is 0 Å². The third kappa shape index (κ3) is 4.95. The van der Waals surface area contributed by atoms with Crippen molar-refractivity contribution in [3.05, 3.63) is 29.8 Å². The standard InChI is InChI=1S/C19H27N3O2.ClH/c1-14(16-12-20-13-16)18(23)21-17-8-6-15(7-9-17)19(24)22-10-4-2-3-5-11-22;/h6-9,14,16,20H,2-5,10-13H2,1H3,(H,21,23);1H. The minimum Gasteiger partial charge on any atom is -0.339 e. The number of halogens is 1. The Kier molecular flexibility index (Phi) is 7.26. The van der Waals surface area contributed by atoms with Crippen LogP contribution in [0.15, 0.2) is 24.3 Å². The van der Waals surface area contributed by atoms with E-state index in [1.165, 1.54) is 12.8 Å². The lowest BCUT2D eigenvalue weighted by atomic mass is 9.88. The van der Waals surface area contributed by atoms with Crippen molar-refractivity contribution in [1.29, 1.82) is 0 Å². The van der Waals surface area contributed by atoms with Gasteiger partial charge in [0.2, 0.25) is 5.91 Å². The SMILES string of the molecule is CC(C(=O)Nc1ccc(C(=O)N2CCCCCC2)cc1)C1CNC1.Cl. The second kappa shape index (κ2) is 9.20. The summed E-state index contributed by atoms with van der Waals surface area (Å²) in [6.07, 6.45) is 4.61. The van der Waals surface area contributed by atoms with Crippen LogP contribution in [0.5, 0.6) is 0 Å². The minimum absolute atomic E-state index is 0. The first-order valence-corrected chi connectivity index (χ1v) is 9.06. The highest BCUT2D eigenvalue weighted by Gasteiger charge is 2.28. The Morgan fingerprint density at radius 1 is 1.08 bits per heavy atom. The molecule has 3 rings (SSSR count). The van der Waals surface area contributed by atoms with Crippen LogP contribution >= 0.6 is 12.4 Å². The van der Waals surface area contributed by atoms with E-state index in [1.807, 2.05) is 36.1 Å². The van der Waals surface area contributed by atoms with Crippen LogP contribution in [0.2, 0.25) is 0 Å². The zero-order valence-electron chi connectivity index (χ0n) is 14.8. The van der Waals surface area contributed by atoms with Gasteiger partial charge in [0.25, 0.3) is 5.91 Å². The molecule has 1 aromatic rings. The molecule has 0 aromatic heterocycles. The van der Waals surface area contributed by atoms with Crippen LogP contribution in [-0.4, -0.2) is 42.9 Å². The van der Waals surface area contributed by atoms with Gasteiger partial charge in [0.05, 0.1) is 0 Å². The molecule has 2 saturated heterocycles. The molecule has 2 aliphatic rings. The van der Waals surface area contributed by atoms with Gasteiger partial charge in [-0.1, -0.05) is 19.8 Å². The third-order valence-electron chi connectivity index (χ3n) is 5.23. The first kappa shape index (κ1) is 19.7. The summed E-state index contributed by atoms with van der Waals surface area (Å²) in [5, 5.41) is 6.15. The summed E-state index contributed by atoms with van der Waals surface area (Å²) in [6.45, 7) is 5.50. The molecular weight excluding hydrogens is 338 g/mol. The molecule has 1 aromatic carbocycles. The maximum Gasteiger partial charge on any atom is 0.253 e. The number of carbonyl (C=O) groups is 2. The average molecular weight is 366 g/mol. The van der Waals surface area contributed by atoms with Gasteiger partial charge in [-0.2, -0.15) is 0 Å². The van der Waals surface area contributed by atoms with Crippen molar-refractivity contribution in [2.75, 3.05) is 31.5 Å². The van der Waals surface area contributed by atoms with Crippen LogP contribution in [0.3, 0.4) is 0 Å². The van der Waals surface area contributed by atoms with Gasteiger partial charge in [-0.05, 0) is 56.1 Å². The second-order valence-electron chi connectivity index (χ2n) is 6.98. The predicted octanol–water partition coefficient (Wildman–Crippen LogP) is 2.92. The number of nitrogens with zero attached hydrogens (tertiary/aromatic N) is 1. The summed E-state index contributed by atoms with van der Waals surface area (Å²) in [5.41, 5.74) is 1.46. The minimum atomic E-state index is 0. The zero-order valence-corrected chi connectivity index (χ0v) is 15.6. The first-order valence-electron chi connectivity index (χ1n) is 9.06. The van der Waals surface area contributed by atoms with Gasteiger partial charge in [-0.15, -0.1) is 12.4 Å². The Hall–Kier alpha value is -1.59. The fourth-order valence-electron chi connectivity index (χ4n) is 3.29. The molecule has 2 amide bonds. The monoisotopic (exact) mass is 365 g/mol. The molecule has 6 heteroatoms. The van der Waals surface area contributed by atoms with Crippen LogP contribution < -0.4 is 10.6 Å². The van der Waals surface area contributed by atoms with E-state index in [-0.39, 0.29) is 30.1 Å². The second-order valence-corrected chi connectivity index (χ2v) is 6.98. The summed E-state index contributed by atoms with van der Waals surface area (Å²) in [5.74, 6) is 0.579. The van der Waals surface area contributed by atoms with E-state index < -0.39 is 0 Å². The highest BCUT2D eigenvalue weighted by molar-refractivity contribution is 5.96. The lowest BCUT2D eigenvalue weighted by Crippen LogP contribution is -2.48. The van der Waals surface area contributed by atoms with E-state index in [4.69, 9.17) is 0 Å². The van der Waals surface area contributed by atoms with E-state index in [9.17, 15) is 9.59 Å². The Morgan fingerprint density at radius 2 is 1.68 bits per heavy atom. The van der Waals surface area contributed by atoms with Gasteiger partial charge < -0.3 is 15.5 Å². The van der Waals surface area contributed by atoms with Gasteiger partial charge in [0.15, 0.2) is 0 Å². The van der Waals surface area contributed by atoms with E-state index in [0.29, 0.717) is 11.5 Å². The first-order chi connectivity index (χ1) is 11.6. The molecule has 2 heterocycles. The number of likely N-dealkylation sites (tertiary alicyclic amines) is 1. The van der Waals surface area contributed by atoms with Crippen molar-refractivity contribution < 1.29 is 9.59 Å². The number of benzene rings is 1. The molecule has 0 bridgehead atoms. The Balaban J connectivity index is 0.00000225. The van der Waals surface area contributed by atoms with Crippen molar-refractivity contribution in [2.24, 2.45) is 11.8 Å². The molecule has 0 saturated carbocycles. The summed E-state index contributed by atoms with van der Waals surface area (Å²) in [6, 6.07) is 7.29. The molecule has 25 heavy (non-hydrogen) atoms. The van der Waals surface area contributed by atoms with E-state index in [0.717, 1.165) is 44.7 Å². The van der Waals surface area contributed by atoms with E-state index >= 15 is 0 Å². The maximum absolute atomic E-state index is 12.6. The zero-order chi connectivity index (χ0) is 16.9. The van der Waals surface area contributed by atoms with Crippen molar-refractivity contribution in [3.8, 4) is 0 Å². The Labute approximate surface area is 155 Å².